The van der Waals surface area contributed by atoms with E-state index in [1.165, 1.54) is 12.8 Å². The van der Waals surface area contributed by atoms with Crippen molar-refractivity contribution in [1.82, 2.24) is 0 Å². The van der Waals surface area contributed by atoms with Crippen LogP contribution in [0.2, 0.25) is 0 Å². The van der Waals surface area contributed by atoms with Gasteiger partial charge >= 0.3 is 0 Å². The van der Waals surface area contributed by atoms with Crippen molar-refractivity contribution in [3.8, 4) is 0 Å². The Morgan fingerprint density at radius 2 is 2.20 bits per heavy atom. The maximum Gasteiger partial charge on any atom is 0.136 e. The van der Waals surface area contributed by atoms with Gasteiger partial charge in [0.1, 0.15) is 5.78 Å². The molecule has 1 nitrogen and oxygen atoms in total. The summed E-state index contributed by atoms with van der Waals surface area (Å²) in [7, 11) is 0. The molecule has 0 spiro atoms. The summed E-state index contributed by atoms with van der Waals surface area (Å²) in [6.45, 7) is 10.5. The van der Waals surface area contributed by atoms with E-state index in [4.69, 9.17) is 0 Å². The zero-order valence-electron chi connectivity index (χ0n) is 10.4. The molecule has 1 fully saturated rings. The molecule has 0 aromatic heterocycles. The molecule has 0 aromatic rings. The molecular weight excluding hydrogens is 184 g/mol. The molecule has 1 saturated carbocycles. The van der Waals surface area contributed by atoms with Crippen molar-refractivity contribution in [1.29, 1.82) is 0 Å². The van der Waals surface area contributed by atoms with Crippen molar-refractivity contribution in [3.05, 3.63) is 12.7 Å². The molecule has 86 valence electrons. The summed E-state index contributed by atoms with van der Waals surface area (Å²) in [4.78, 5) is 12.0. The molecule has 0 saturated heterocycles. The van der Waals surface area contributed by atoms with Crippen LogP contribution in [0.15, 0.2) is 12.7 Å². The largest absolute Gasteiger partial charge is 0.299 e. The van der Waals surface area contributed by atoms with Gasteiger partial charge in [0.25, 0.3) is 0 Å². The first kappa shape index (κ1) is 12.5. The monoisotopic (exact) mass is 208 g/mol. The number of hydrogen-bond acceptors (Lipinski definition) is 1. The lowest BCUT2D eigenvalue weighted by Gasteiger charge is -2.38. The lowest BCUT2D eigenvalue weighted by atomic mass is 9.66. The Morgan fingerprint density at radius 1 is 1.53 bits per heavy atom. The first-order valence-corrected chi connectivity index (χ1v) is 6.10. The topological polar surface area (TPSA) is 17.1 Å². The second-order valence-electron chi connectivity index (χ2n) is 5.78. The minimum absolute atomic E-state index is 0.300. The summed E-state index contributed by atoms with van der Waals surface area (Å²) in [6.07, 6.45) is 6.91. The van der Waals surface area contributed by atoms with Gasteiger partial charge in [0, 0.05) is 12.3 Å². The van der Waals surface area contributed by atoms with E-state index in [1.807, 2.05) is 6.08 Å². The quantitative estimate of drug-likeness (QED) is 0.639. The Hall–Kier alpha value is -0.590. The van der Waals surface area contributed by atoms with Gasteiger partial charge in [-0.2, -0.15) is 0 Å². The lowest BCUT2D eigenvalue weighted by Crippen LogP contribution is -2.33. The second-order valence-corrected chi connectivity index (χ2v) is 5.78. The summed E-state index contributed by atoms with van der Waals surface area (Å²) < 4.78 is 0. The second kappa shape index (κ2) is 4.96. The summed E-state index contributed by atoms with van der Waals surface area (Å²) in [5.74, 6) is 1.33. The maximum absolute atomic E-state index is 12.0. The highest BCUT2D eigenvalue weighted by molar-refractivity contribution is 5.81. The molecule has 2 atom stereocenters. The van der Waals surface area contributed by atoms with Gasteiger partial charge in [-0.25, -0.2) is 0 Å². The van der Waals surface area contributed by atoms with Crippen LogP contribution in [0.3, 0.4) is 0 Å². The van der Waals surface area contributed by atoms with Gasteiger partial charge in [-0.15, -0.1) is 6.58 Å². The van der Waals surface area contributed by atoms with Crippen molar-refractivity contribution >= 4 is 5.78 Å². The molecule has 0 heterocycles. The normalized spacial score (nSPS) is 29.8. The average Bonchev–Trinajstić information content (AvgIpc) is 2.18. The Bertz CT molecular complexity index is 240. The molecule has 0 N–H and O–H groups in total. The maximum atomic E-state index is 12.0. The predicted octanol–water partition coefficient (Wildman–Crippen LogP) is 3.98. The molecule has 0 radical (unpaired) electrons. The summed E-state index contributed by atoms with van der Waals surface area (Å²) in [5, 5.41) is 0. The molecule has 0 amide bonds. The standard InChI is InChI=1S/C14H24O/c1-5-6-7-13(15)12-10-14(3,4)9-8-11(12)2/h5,11-12H,1,6-10H2,2-4H3. The van der Waals surface area contributed by atoms with Crippen molar-refractivity contribution in [2.45, 2.75) is 52.9 Å². The minimum Gasteiger partial charge on any atom is -0.299 e. The van der Waals surface area contributed by atoms with E-state index >= 15 is 0 Å². The number of hydrogen-bond donors (Lipinski definition) is 0. The van der Waals surface area contributed by atoms with Gasteiger partial charge in [-0.1, -0.05) is 26.8 Å². The lowest BCUT2D eigenvalue weighted by molar-refractivity contribution is -0.126. The van der Waals surface area contributed by atoms with Crippen LogP contribution >= 0.6 is 0 Å². The van der Waals surface area contributed by atoms with E-state index in [0.717, 1.165) is 12.8 Å². The van der Waals surface area contributed by atoms with Crippen molar-refractivity contribution in [3.63, 3.8) is 0 Å². The van der Waals surface area contributed by atoms with Crippen molar-refractivity contribution in [2.75, 3.05) is 0 Å². The van der Waals surface area contributed by atoms with Crippen LogP contribution in [0.5, 0.6) is 0 Å². The molecule has 0 aromatic carbocycles. The van der Waals surface area contributed by atoms with Crippen LogP contribution in [-0.4, -0.2) is 5.78 Å². The highest BCUT2D eigenvalue weighted by Gasteiger charge is 2.35. The molecule has 1 aliphatic carbocycles. The van der Waals surface area contributed by atoms with Gasteiger partial charge in [-0.05, 0) is 37.0 Å². The van der Waals surface area contributed by atoms with Crippen LogP contribution in [0.25, 0.3) is 0 Å². The zero-order valence-corrected chi connectivity index (χ0v) is 10.4. The Kier molecular flexibility index (Phi) is 4.12. The van der Waals surface area contributed by atoms with E-state index < -0.39 is 0 Å². The smallest absolute Gasteiger partial charge is 0.136 e. The third-order valence-electron chi connectivity index (χ3n) is 3.74. The van der Waals surface area contributed by atoms with Gasteiger partial charge in [0.05, 0.1) is 0 Å². The Balaban J connectivity index is 2.57. The van der Waals surface area contributed by atoms with Crippen LogP contribution in [0.4, 0.5) is 0 Å². The van der Waals surface area contributed by atoms with Gasteiger partial charge < -0.3 is 0 Å². The molecule has 2 unspecified atom stereocenters. The third kappa shape index (κ3) is 3.48. The summed E-state index contributed by atoms with van der Waals surface area (Å²) in [6, 6.07) is 0. The first-order valence-electron chi connectivity index (χ1n) is 6.10. The number of rotatable bonds is 4. The molecule has 15 heavy (non-hydrogen) atoms. The fraction of sp³-hybridized carbons (Fsp3) is 0.786. The number of carbonyl (C=O) groups excluding carboxylic acids is 1. The van der Waals surface area contributed by atoms with E-state index in [2.05, 4.69) is 27.4 Å². The Labute approximate surface area is 93.9 Å². The zero-order chi connectivity index (χ0) is 11.5. The molecule has 1 heteroatoms. The third-order valence-corrected chi connectivity index (χ3v) is 3.74. The number of carbonyl (C=O) groups is 1. The van der Waals surface area contributed by atoms with Crippen molar-refractivity contribution < 1.29 is 4.79 Å². The fourth-order valence-electron chi connectivity index (χ4n) is 2.58. The van der Waals surface area contributed by atoms with Crippen molar-refractivity contribution in [2.24, 2.45) is 17.3 Å². The first-order chi connectivity index (χ1) is 6.96. The van der Waals surface area contributed by atoms with Crippen LogP contribution in [-0.2, 0) is 4.79 Å². The van der Waals surface area contributed by atoms with Crippen LogP contribution in [0.1, 0.15) is 52.9 Å². The highest BCUT2D eigenvalue weighted by Crippen LogP contribution is 2.42. The predicted molar refractivity (Wildman–Crippen MR) is 64.7 cm³/mol. The number of ketones is 1. The minimum atomic E-state index is 0.300. The van der Waals surface area contributed by atoms with Gasteiger partial charge in [-0.3, -0.25) is 4.79 Å². The number of allylic oxidation sites excluding steroid dienone is 1. The number of Topliss-reactive ketones (excluding diaryl/α,β-unsaturated/α-hetero) is 1. The average molecular weight is 208 g/mol. The van der Waals surface area contributed by atoms with Crippen LogP contribution in [0, 0.1) is 17.3 Å². The fourth-order valence-corrected chi connectivity index (χ4v) is 2.58. The summed E-state index contributed by atoms with van der Waals surface area (Å²) in [5.41, 5.74) is 0.362. The molecule has 0 bridgehead atoms. The Morgan fingerprint density at radius 3 is 2.80 bits per heavy atom. The van der Waals surface area contributed by atoms with Crippen LogP contribution < -0.4 is 0 Å². The summed E-state index contributed by atoms with van der Waals surface area (Å²) >= 11 is 0. The molecular formula is C14H24O. The van der Waals surface area contributed by atoms with E-state index in [-0.39, 0.29) is 0 Å². The van der Waals surface area contributed by atoms with Gasteiger partial charge in [0.15, 0.2) is 0 Å². The van der Waals surface area contributed by atoms with E-state index in [1.54, 1.807) is 0 Å². The van der Waals surface area contributed by atoms with Gasteiger partial charge in [0.2, 0.25) is 0 Å². The SMILES string of the molecule is C=CCCC(=O)C1CC(C)(C)CCC1C. The highest BCUT2D eigenvalue weighted by atomic mass is 16.1. The van der Waals surface area contributed by atoms with E-state index in [0.29, 0.717) is 29.5 Å². The molecule has 1 aliphatic rings. The molecule has 0 aliphatic heterocycles. The molecule has 1 rings (SSSR count). The van der Waals surface area contributed by atoms with E-state index in [9.17, 15) is 4.79 Å².